The molecule has 0 amide bonds. The third-order valence-electron chi connectivity index (χ3n) is 3.81. The Kier molecular flexibility index (Phi) is 4.59. The predicted molar refractivity (Wildman–Crippen MR) is 72.9 cm³/mol. The molecule has 1 heterocycles. The number of nitrogens with one attached hydrogen (secondary N) is 1. The molecule has 0 radical (unpaired) electrons. The standard InChI is InChI=1S/C12H22N4O2S/c1-16(9-10-5-3-2-4-6-10)19(17,18)12-11(7-13)8-14-15-12/h8,10H,2-7,9,13H2,1H3,(H,14,15). The van der Waals surface area contributed by atoms with E-state index in [-0.39, 0.29) is 11.6 Å². The number of sulfonamides is 1. The molecular formula is C12H22N4O2S. The van der Waals surface area contributed by atoms with Crippen LogP contribution in [0.4, 0.5) is 0 Å². The van der Waals surface area contributed by atoms with Gasteiger partial charge < -0.3 is 5.73 Å². The number of nitrogens with zero attached hydrogens (tertiary/aromatic N) is 2. The van der Waals surface area contributed by atoms with Gasteiger partial charge in [-0.05, 0) is 18.8 Å². The summed E-state index contributed by atoms with van der Waals surface area (Å²) in [6.45, 7) is 0.744. The van der Waals surface area contributed by atoms with E-state index in [1.54, 1.807) is 7.05 Å². The highest BCUT2D eigenvalue weighted by Crippen LogP contribution is 2.26. The molecule has 7 heteroatoms. The van der Waals surface area contributed by atoms with Crippen LogP contribution in [0.5, 0.6) is 0 Å². The van der Waals surface area contributed by atoms with Gasteiger partial charge in [0.25, 0.3) is 10.0 Å². The maximum atomic E-state index is 12.4. The van der Waals surface area contributed by atoms with Gasteiger partial charge in [-0.25, -0.2) is 8.42 Å². The number of nitrogens with two attached hydrogens (primary N) is 1. The smallest absolute Gasteiger partial charge is 0.260 e. The predicted octanol–water partition coefficient (Wildman–Crippen LogP) is 1.07. The summed E-state index contributed by atoms with van der Waals surface area (Å²) in [7, 11) is -1.87. The third-order valence-corrected chi connectivity index (χ3v) is 5.65. The van der Waals surface area contributed by atoms with Crippen molar-refractivity contribution in [1.82, 2.24) is 14.5 Å². The highest BCUT2D eigenvalue weighted by atomic mass is 32.2. The summed E-state index contributed by atoms with van der Waals surface area (Å²) in [6, 6.07) is 0. The van der Waals surface area contributed by atoms with Crippen LogP contribution in [-0.2, 0) is 16.6 Å². The van der Waals surface area contributed by atoms with E-state index in [9.17, 15) is 8.42 Å². The molecule has 1 aliphatic carbocycles. The molecule has 0 aromatic carbocycles. The Morgan fingerprint density at radius 1 is 1.42 bits per heavy atom. The molecule has 3 N–H and O–H groups in total. The molecule has 108 valence electrons. The van der Waals surface area contributed by atoms with Gasteiger partial charge in [-0.15, -0.1) is 0 Å². The number of rotatable bonds is 5. The van der Waals surface area contributed by atoms with Crippen molar-refractivity contribution >= 4 is 10.0 Å². The van der Waals surface area contributed by atoms with E-state index >= 15 is 0 Å². The zero-order valence-electron chi connectivity index (χ0n) is 11.3. The Balaban J connectivity index is 2.10. The van der Waals surface area contributed by atoms with Crippen LogP contribution in [0.2, 0.25) is 0 Å². The number of hydrogen-bond acceptors (Lipinski definition) is 4. The van der Waals surface area contributed by atoms with Crippen molar-refractivity contribution in [2.45, 2.75) is 43.7 Å². The Morgan fingerprint density at radius 3 is 2.74 bits per heavy atom. The van der Waals surface area contributed by atoms with Crippen molar-refractivity contribution in [2.24, 2.45) is 11.7 Å². The monoisotopic (exact) mass is 286 g/mol. The number of aromatic amines is 1. The highest BCUT2D eigenvalue weighted by molar-refractivity contribution is 7.89. The zero-order valence-corrected chi connectivity index (χ0v) is 12.1. The SMILES string of the molecule is CN(CC1CCCCC1)S(=O)(=O)c1[nH]ncc1CN. The van der Waals surface area contributed by atoms with Gasteiger partial charge in [-0.2, -0.15) is 9.40 Å². The van der Waals surface area contributed by atoms with Crippen LogP contribution >= 0.6 is 0 Å². The fourth-order valence-electron chi connectivity index (χ4n) is 2.66. The first kappa shape index (κ1) is 14.5. The van der Waals surface area contributed by atoms with Crippen molar-refractivity contribution in [3.8, 4) is 0 Å². The van der Waals surface area contributed by atoms with Gasteiger partial charge in [0.1, 0.15) is 0 Å². The fourth-order valence-corrected chi connectivity index (χ4v) is 4.01. The van der Waals surface area contributed by atoms with Crippen LogP contribution in [0.25, 0.3) is 0 Å². The van der Waals surface area contributed by atoms with Crippen LogP contribution in [0.15, 0.2) is 11.2 Å². The lowest BCUT2D eigenvalue weighted by Crippen LogP contribution is -2.33. The quantitative estimate of drug-likeness (QED) is 0.847. The molecule has 2 rings (SSSR count). The van der Waals surface area contributed by atoms with E-state index < -0.39 is 10.0 Å². The molecule has 1 aromatic rings. The average molecular weight is 286 g/mol. The second-order valence-electron chi connectivity index (χ2n) is 5.22. The van der Waals surface area contributed by atoms with Gasteiger partial charge >= 0.3 is 0 Å². The lowest BCUT2D eigenvalue weighted by Gasteiger charge is -2.26. The molecule has 0 unspecified atom stereocenters. The second kappa shape index (κ2) is 6.02. The van der Waals surface area contributed by atoms with Crippen molar-refractivity contribution in [2.75, 3.05) is 13.6 Å². The molecule has 1 aliphatic rings. The van der Waals surface area contributed by atoms with Crippen molar-refractivity contribution in [3.05, 3.63) is 11.8 Å². The summed E-state index contributed by atoms with van der Waals surface area (Å²) < 4.78 is 26.3. The summed E-state index contributed by atoms with van der Waals surface area (Å²) in [5, 5.41) is 6.47. The molecule has 0 spiro atoms. The summed E-state index contributed by atoms with van der Waals surface area (Å²) in [6.07, 6.45) is 7.39. The van der Waals surface area contributed by atoms with E-state index in [1.807, 2.05) is 0 Å². The van der Waals surface area contributed by atoms with Gasteiger partial charge in [0.15, 0.2) is 5.03 Å². The Morgan fingerprint density at radius 2 is 2.11 bits per heavy atom. The van der Waals surface area contributed by atoms with Crippen LogP contribution < -0.4 is 5.73 Å². The van der Waals surface area contributed by atoms with Crippen molar-refractivity contribution in [1.29, 1.82) is 0 Å². The van der Waals surface area contributed by atoms with Gasteiger partial charge in [0.05, 0.1) is 6.20 Å². The van der Waals surface area contributed by atoms with E-state index in [1.165, 1.54) is 29.8 Å². The number of aromatic nitrogens is 2. The summed E-state index contributed by atoms with van der Waals surface area (Å²) in [5.74, 6) is 0.470. The van der Waals surface area contributed by atoms with Crippen molar-refractivity contribution < 1.29 is 8.42 Å². The molecule has 1 fully saturated rings. The van der Waals surface area contributed by atoms with E-state index in [0.29, 0.717) is 18.0 Å². The summed E-state index contributed by atoms with van der Waals surface area (Å²) in [5.41, 5.74) is 6.07. The van der Waals surface area contributed by atoms with Gasteiger partial charge in [0, 0.05) is 25.7 Å². The first-order chi connectivity index (χ1) is 9.05. The molecule has 0 saturated heterocycles. The molecule has 0 atom stereocenters. The molecule has 19 heavy (non-hydrogen) atoms. The lowest BCUT2D eigenvalue weighted by atomic mass is 9.89. The molecular weight excluding hydrogens is 264 g/mol. The molecule has 1 aromatic heterocycles. The van der Waals surface area contributed by atoms with Crippen LogP contribution in [0.3, 0.4) is 0 Å². The Labute approximate surface area is 114 Å². The molecule has 0 aliphatic heterocycles. The minimum Gasteiger partial charge on any atom is -0.326 e. The lowest BCUT2D eigenvalue weighted by molar-refractivity contribution is 0.299. The first-order valence-corrected chi connectivity index (χ1v) is 8.18. The molecule has 1 saturated carbocycles. The minimum atomic E-state index is -3.50. The normalized spacial score (nSPS) is 18.1. The van der Waals surface area contributed by atoms with E-state index in [2.05, 4.69) is 10.2 Å². The zero-order chi connectivity index (χ0) is 13.9. The topological polar surface area (TPSA) is 92.1 Å². The Hall–Kier alpha value is -0.920. The average Bonchev–Trinajstić information content (AvgIpc) is 2.88. The highest BCUT2D eigenvalue weighted by Gasteiger charge is 2.27. The van der Waals surface area contributed by atoms with Crippen LogP contribution in [0.1, 0.15) is 37.7 Å². The summed E-state index contributed by atoms with van der Waals surface area (Å²) >= 11 is 0. The molecule has 0 bridgehead atoms. The Bertz CT molecular complexity index is 506. The number of H-pyrrole nitrogens is 1. The summed E-state index contributed by atoms with van der Waals surface area (Å²) in [4.78, 5) is 0. The second-order valence-corrected chi connectivity index (χ2v) is 7.20. The van der Waals surface area contributed by atoms with Crippen LogP contribution in [-0.4, -0.2) is 36.5 Å². The van der Waals surface area contributed by atoms with Crippen LogP contribution in [0, 0.1) is 5.92 Å². The molecule has 6 nitrogen and oxygen atoms in total. The van der Waals surface area contributed by atoms with Gasteiger partial charge in [-0.1, -0.05) is 19.3 Å². The maximum absolute atomic E-state index is 12.4. The third kappa shape index (κ3) is 3.16. The van der Waals surface area contributed by atoms with E-state index in [0.717, 1.165) is 12.8 Å². The van der Waals surface area contributed by atoms with Crippen molar-refractivity contribution in [3.63, 3.8) is 0 Å². The fraction of sp³-hybridized carbons (Fsp3) is 0.750. The minimum absolute atomic E-state index is 0.133. The largest absolute Gasteiger partial charge is 0.326 e. The van der Waals surface area contributed by atoms with E-state index in [4.69, 9.17) is 5.73 Å². The number of hydrogen-bond donors (Lipinski definition) is 2. The van der Waals surface area contributed by atoms with Gasteiger partial charge in [0.2, 0.25) is 0 Å². The first-order valence-electron chi connectivity index (χ1n) is 6.74. The maximum Gasteiger partial charge on any atom is 0.260 e. The van der Waals surface area contributed by atoms with Gasteiger partial charge in [-0.3, -0.25) is 5.10 Å².